The van der Waals surface area contributed by atoms with E-state index in [4.69, 9.17) is 16.3 Å². The molecule has 1 aliphatic carbocycles. The van der Waals surface area contributed by atoms with E-state index in [1.807, 2.05) is 18.2 Å². The normalized spacial score (nSPS) is 16.9. The van der Waals surface area contributed by atoms with Gasteiger partial charge in [0, 0.05) is 8.59 Å². The summed E-state index contributed by atoms with van der Waals surface area (Å²) in [5.41, 5.74) is 0.978. The topological polar surface area (TPSA) is 26.3 Å². The molecule has 0 aromatic heterocycles. The highest BCUT2D eigenvalue weighted by Crippen LogP contribution is 2.44. The Morgan fingerprint density at radius 3 is 2.69 bits per heavy atom. The number of esters is 1. The van der Waals surface area contributed by atoms with Crippen LogP contribution in [-0.4, -0.2) is 13.1 Å². The fourth-order valence-corrected chi connectivity index (χ4v) is 3.03. The van der Waals surface area contributed by atoms with Gasteiger partial charge in [0.1, 0.15) is 0 Å². The van der Waals surface area contributed by atoms with E-state index in [0.29, 0.717) is 10.9 Å². The summed E-state index contributed by atoms with van der Waals surface area (Å²) in [6.07, 6.45) is 2.20. The van der Waals surface area contributed by atoms with E-state index in [-0.39, 0.29) is 11.9 Å². The lowest BCUT2D eigenvalue weighted by molar-refractivity contribution is -0.143. The summed E-state index contributed by atoms with van der Waals surface area (Å²) in [4.78, 5) is 11.7. The van der Waals surface area contributed by atoms with Crippen molar-refractivity contribution in [2.75, 3.05) is 7.11 Å². The second kappa shape index (κ2) is 4.92. The van der Waals surface area contributed by atoms with Gasteiger partial charge < -0.3 is 4.74 Å². The molecule has 1 saturated carbocycles. The summed E-state index contributed by atoms with van der Waals surface area (Å²) in [7, 11) is 1.44. The van der Waals surface area contributed by atoms with Gasteiger partial charge in [-0.3, -0.25) is 4.79 Å². The van der Waals surface area contributed by atoms with E-state index in [1.165, 1.54) is 7.11 Å². The number of methoxy groups -OCH3 is 1. The first-order valence-electron chi connectivity index (χ1n) is 5.15. The van der Waals surface area contributed by atoms with Gasteiger partial charge in [-0.05, 0) is 65.1 Å². The summed E-state index contributed by atoms with van der Waals surface area (Å²) >= 11 is 8.22. The van der Waals surface area contributed by atoms with E-state index >= 15 is 0 Å². The van der Waals surface area contributed by atoms with E-state index < -0.39 is 0 Å². The first-order chi connectivity index (χ1) is 7.61. The zero-order valence-corrected chi connectivity index (χ0v) is 11.8. The fraction of sp³-hybridized carbons (Fsp3) is 0.417. The number of benzene rings is 1. The van der Waals surface area contributed by atoms with Crippen molar-refractivity contribution in [3.8, 4) is 0 Å². The smallest absolute Gasteiger partial charge is 0.313 e. The molecule has 0 amide bonds. The number of rotatable bonds is 3. The maximum absolute atomic E-state index is 11.7. The molecule has 0 spiro atoms. The van der Waals surface area contributed by atoms with Crippen LogP contribution in [-0.2, 0) is 9.53 Å². The third kappa shape index (κ3) is 2.69. The lowest BCUT2D eigenvalue weighted by Gasteiger charge is -2.14. The molecular formula is C12H12ClIO2. The minimum absolute atomic E-state index is 0.141. The van der Waals surface area contributed by atoms with Gasteiger partial charge in [0.05, 0.1) is 13.0 Å². The monoisotopic (exact) mass is 350 g/mol. The quantitative estimate of drug-likeness (QED) is 0.615. The zero-order valence-electron chi connectivity index (χ0n) is 8.87. The van der Waals surface area contributed by atoms with E-state index in [9.17, 15) is 4.79 Å². The lowest BCUT2D eigenvalue weighted by atomic mass is 9.94. The van der Waals surface area contributed by atoms with Gasteiger partial charge >= 0.3 is 5.97 Å². The number of hydrogen-bond acceptors (Lipinski definition) is 2. The Balaban J connectivity index is 2.34. The van der Waals surface area contributed by atoms with Crippen molar-refractivity contribution in [1.82, 2.24) is 0 Å². The van der Waals surface area contributed by atoms with Crippen molar-refractivity contribution in [2.45, 2.75) is 18.8 Å². The molecule has 0 heterocycles. The third-order valence-electron chi connectivity index (χ3n) is 2.79. The van der Waals surface area contributed by atoms with Crippen LogP contribution in [0.1, 0.15) is 24.3 Å². The maximum Gasteiger partial charge on any atom is 0.313 e. The Kier molecular flexibility index (Phi) is 3.74. The highest BCUT2D eigenvalue weighted by Gasteiger charge is 2.38. The Labute approximate surface area is 113 Å². The molecule has 4 heteroatoms. The van der Waals surface area contributed by atoms with Crippen LogP contribution in [0.15, 0.2) is 18.2 Å². The summed E-state index contributed by atoms with van der Waals surface area (Å²) in [6, 6.07) is 5.75. The standard InChI is InChI=1S/C12H12ClIO2/c1-16-12(15)11(7-2-3-7)8-4-9(13)6-10(14)5-8/h4-7,11H,2-3H2,1H3. The highest BCUT2D eigenvalue weighted by molar-refractivity contribution is 14.1. The second-order valence-corrected chi connectivity index (χ2v) is 5.72. The molecule has 1 aromatic rings. The molecule has 0 radical (unpaired) electrons. The van der Waals surface area contributed by atoms with Crippen LogP contribution in [0, 0.1) is 9.49 Å². The number of halogens is 2. The van der Waals surface area contributed by atoms with Crippen LogP contribution in [0.3, 0.4) is 0 Å². The first-order valence-corrected chi connectivity index (χ1v) is 6.61. The molecule has 1 aliphatic rings. The van der Waals surface area contributed by atoms with Crippen LogP contribution in [0.5, 0.6) is 0 Å². The number of hydrogen-bond donors (Lipinski definition) is 0. The van der Waals surface area contributed by atoms with Gasteiger partial charge in [0.25, 0.3) is 0 Å². The Morgan fingerprint density at radius 2 is 2.19 bits per heavy atom. The number of carbonyl (C=O) groups excluding carboxylic acids is 1. The minimum Gasteiger partial charge on any atom is -0.469 e. The summed E-state index contributed by atoms with van der Waals surface area (Å²) in [5, 5.41) is 0.677. The molecule has 1 atom stereocenters. The minimum atomic E-state index is -0.152. The maximum atomic E-state index is 11.7. The third-order valence-corrected chi connectivity index (χ3v) is 3.63. The Morgan fingerprint density at radius 1 is 1.50 bits per heavy atom. The molecule has 86 valence electrons. The molecule has 1 fully saturated rings. The molecule has 1 unspecified atom stereocenters. The van der Waals surface area contributed by atoms with Crippen molar-refractivity contribution >= 4 is 40.2 Å². The van der Waals surface area contributed by atoms with Crippen molar-refractivity contribution in [1.29, 1.82) is 0 Å². The van der Waals surface area contributed by atoms with Gasteiger partial charge in [-0.25, -0.2) is 0 Å². The highest BCUT2D eigenvalue weighted by atomic mass is 127. The SMILES string of the molecule is COC(=O)C(c1cc(Cl)cc(I)c1)C1CC1. The second-order valence-electron chi connectivity index (χ2n) is 4.04. The van der Waals surface area contributed by atoms with Crippen LogP contribution in [0.4, 0.5) is 0 Å². The van der Waals surface area contributed by atoms with E-state index in [1.54, 1.807) is 0 Å². The molecule has 16 heavy (non-hydrogen) atoms. The van der Waals surface area contributed by atoms with E-state index in [0.717, 1.165) is 22.0 Å². The summed E-state index contributed by atoms with van der Waals surface area (Å²) in [6.45, 7) is 0. The molecule has 0 aliphatic heterocycles. The first kappa shape index (κ1) is 12.2. The molecule has 2 rings (SSSR count). The Hall–Kier alpha value is -0.290. The fourth-order valence-electron chi connectivity index (χ4n) is 1.91. The zero-order chi connectivity index (χ0) is 11.7. The predicted octanol–water partition coefficient (Wildman–Crippen LogP) is 3.61. The van der Waals surface area contributed by atoms with Crippen molar-refractivity contribution in [3.63, 3.8) is 0 Å². The molecular weight excluding hydrogens is 338 g/mol. The Bertz CT molecular complexity index is 395. The van der Waals surface area contributed by atoms with Crippen molar-refractivity contribution in [2.24, 2.45) is 5.92 Å². The average molecular weight is 351 g/mol. The molecule has 0 bridgehead atoms. The van der Waals surface area contributed by atoms with Gasteiger partial charge in [-0.2, -0.15) is 0 Å². The van der Waals surface area contributed by atoms with Gasteiger partial charge in [0.2, 0.25) is 0 Å². The van der Waals surface area contributed by atoms with Crippen LogP contribution in [0.2, 0.25) is 5.02 Å². The van der Waals surface area contributed by atoms with Crippen molar-refractivity contribution < 1.29 is 9.53 Å². The van der Waals surface area contributed by atoms with Crippen LogP contribution < -0.4 is 0 Å². The molecule has 0 N–H and O–H groups in total. The van der Waals surface area contributed by atoms with Crippen LogP contribution in [0.25, 0.3) is 0 Å². The molecule has 1 aromatic carbocycles. The molecule has 0 saturated heterocycles. The largest absolute Gasteiger partial charge is 0.469 e. The van der Waals surface area contributed by atoms with Crippen molar-refractivity contribution in [3.05, 3.63) is 32.4 Å². The summed E-state index contributed by atoms with van der Waals surface area (Å²) in [5.74, 6) is 0.138. The van der Waals surface area contributed by atoms with Gasteiger partial charge in [-0.15, -0.1) is 0 Å². The predicted molar refractivity (Wildman–Crippen MR) is 71.7 cm³/mol. The lowest BCUT2D eigenvalue weighted by Crippen LogP contribution is -2.16. The van der Waals surface area contributed by atoms with E-state index in [2.05, 4.69) is 22.6 Å². The van der Waals surface area contributed by atoms with Gasteiger partial charge in [0.15, 0.2) is 0 Å². The number of ether oxygens (including phenoxy) is 1. The molecule has 2 nitrogen and oxygen atoms in total. The number of carbonyl (C=O) groups is 1. The van der Waals surface area contributed by atoms with Gasteiger partial charge in [-0.1, -0.05) is 11.6 Å². The van der Waals surface area contributed by atoms with Crippen LogP contribution >= 0.6 is 34.2 Å². The summed E-state index contributed by atoms with van der Waals surface area (Å²) < 4.78 is 5.91. The average Bonchev–Trinajstić information content (AvgIpc) is 3.00.